The number of rotatable bonds is 28. The van der Waals surface area contributed by atoms with E-state index in [-0.39, 0.29) is 13.0 Å². The largest absolute Gasteiger partial charge is 0.473 e. The Hall–Kier alpha value is -0.380. The highest BCUT2D eigenvalue weighted by Gasteiger charge is 2.37. The molecule has 3 atom stereocenters. The van der Waals surface area contributed by atoms with E-state index in [2.05, 4.69) is 11.8 Å². The molecule has 0 bridgehead atoms. The molecule has 3 N–H and O–H groups in total. The number of carbonyl (C=O) groups is 1. The smallest absolute Gasteiger partial charge is 0.393 e. The van der Waals surface area contributed by atoms with Gasteiger partial charge in [0.1, 0.15) is 19.3 Å². The summed E-state index contributed by atoms with van der Waals surface area (Å²) >= 11 is 0. The molecule has 0 aliphatic carbocycles. The van der Waals surface area contributed by atoms with Crippen LogP contribution in [0.2, 0.25) is 0 Å². The van der Waals surface area contributed by atoms with Crippen LogP contribution < -0.4 is 0 Å². The van der Waals surface area contributed by atoms with E-state index in [0.717, 1.165) is 19.3 Å². The van der Waals surface area contributed by atoms with Crippen LogP contribution in [0.3, 0.4) is 0 Å². The fourth-order valence-electron chi connectivity index (χ4n) is 4.29. The van der Waals surface area contributed by atoms with E-state index in [1.54, 1.807) is 0 Å². The molecule has 0 fully saturated rings. The normalized spacial score (nSPS) is 15.3. The van der Waals surface area contributed by atoms with Gasteiger partial charge in [0.25, 0.3) is 0 Å². The summed E-state index contributed by atoms with van der Waals surface area (Å²) in [5, 5.41) is 18.5. The lowest BCUT2D eigenvalue weighted by Crippen LogP contribution is -2.40. The number of Topliss-reactive ketones (excluding diaryl/α,β-unsaturated/α-hetero) is 1. The van der Waals surface area contributed by atoms with Gasteiger partial charge < -0.3 is 14.5 Å². The number of nitrogens with zero attached hydrogens (tertiary/aromatic N) is 1. The maximum absolute atomic E-state index is 12.7. The van der Waals surface area contributed by atoms with E-state index < -0.39 is 32.4 Å². The van der Waals surface area contributed by atoms with Crippen molar-refractivity contribution in [1.29, 1.82) is 0 Å². The molecule has 0 rings (SSSR count). The van der Waals surface area contributed by atoms with Crippen molar-refractivity contribution in [3.05, 3.63) is 0 Å². The summed E-state index contributed by atoms with van der Waals surface area (Å²) in [6.07, 6.45) is 18.0. The van der Waals surface area contributed by atoms with Gasteiger partial charge in [-0.05, 0) is 6.42 Å². The van der Waals surface area contributed by atoms with Crippen LogP contribution in [0.15, 0.2) is 0 Å². The molecule has 0 radical (unpaired) electrons. The predicted octanol–water partition coefficient (Wildman–Crippen LogP) is 6.66. The van der Waals surface area contributed by atoms with Crippen molar-refractivity contribution in [2.45, 2.75) is 135 Å². The van der Waals surface area contributed by atoms with Gasteiger partial charge in [0.2, 0.25) is 0 Å². The minimum atomic E-state index is -4.58. The minimum Gasteiger partial charge on any atom is -0.393 e. The van der Waals surface area contributed by atoms with E-state index in [0.29, 0.717) is 17.4 Å². The van der Waals surface area contributed by atoms with Crippen molar-refractivity contribution in [1.82, 2.24) is 0 Å². The maximum atomic E-state index is 12.7. The third-order valence-corrected chi connectivity index (χ3v) is 7.76. The lowest BCUT2D eigenvalue weighted by atomic mass is 10.0. The Morgan fingerprint density at radius 2 is 1.21 bits per heavy atom. The number of hydrogen-bond acceptors (Lipinski definition) is 7. The van der Waals surface area contributed by atoms with Crippen molar-refractivity contribution in [3.63, 3.8) is 0 Å². The van der Waals surface area contributed by atoms with Crippen LogP contribution >= 0.6 is 7.82 Å². The van der Waals surface area contributed by atoms with Gasteiger partial charge in [0.05, 0.1) is 27.7 Å². The summed E-state index contributed by atoms with van der Waals surface area (Å²) in [6, 6.07) is 0. The molecule has 0 saturated heterocycles. The number of likely N-dealkylation sites (N-methyl/N-ethyl adjacent to an activating group) is 1. The average Bonchev–Trinajstić information content (AvgIpc) is 2.84. The van der Waals surface area contributed by atoms with Crippen molar-refractivity contribution in [2.24, 2.45) is 0 Å². The Labute approximate surface area is 232 Å². The molecular weight excluding hydrogens is 509 g/mol. The second kappa shape index (κ2) is 23.3. The second-order valence-corrected chi connectivity index (χ2v) is 12.9. The molecule has 0 aromatic heterocycles. The maximum Gasteiger partial charge on any atom is 0.473 e. The van der Waals surface area contributed by atoms with Gasteiger partial charge in [-0.1, -0.05) is 110 Å². The zero-order chi connectivity index (χ0) is 28.7. The van der Waals surface area contributed by atoms with Gasteiger partial charge in [0, 0.05) is 6.42 Å². The fourth-order valence-corrected chi connectivity index (χ4v) is 5.20. The van der Waals surface area contributed by atoms with Crippen LogP contribution in [0, 0.1) is 0 Å². The van der Waals surface area contributed by atoms with E-state index in [4.69, 9.17) is 14.3 Å². The van der Waals surface area contributed by atoms with Gasteiger partial charge in [-0.25, -0.2) is 9.45 Å². The quantitative estimate of drug-likeness (QED) is 0.0315. The number of hydrogen-bond donors (Lipinski definition) is 3. The fraction of sp³-hybridized carbons (Fsp3) is 0.964. The number of aliphatic hydroxyl groups excluding tert-OH is 1. The van der Waals surface area contributed by atoms with Crippen molar-refractivity contribution in [3.8, 4) is 0 Å². The number of phosphoric ester groups is 1. The molecule has 0 aliphatic rings. The molecule has 38 heavy (non-hydrogen) atoms. The number of quaternary nitrogens is 1. The van der Waals surface area contributed by atoms with Gasteiger partial charge >= 0.3 is 7.82 Å². The van der Waals surface area contributed by atoms with Crippen LogP contribution in [-0.4, -0.2) is 78.6 Å². The molecule has 2 unspecified atom stereocenters. The Morgan fingerprint density at radius 3 is 1.58 bits per heavy atom. The predicted molar refractivity (Wildman–Crippen MR) is 152 cm³/mol. The summed E-state index contributed by atoms with van der Waals surface area (Å²) in [4.78, 5) is 26.8. The van der Waals surface area contributed by atoms with Crippen LogP contribution in [-0.2, 0) is 23.3 Å². The Kier molecular flexibility index (Phi) is 23.1. The SMILES string of the molecule is CCCCCCCCCCCCCCCCCCCC(=O)C(OP(=O)(O)OCC[N+](C)(C)C)[C@H](CO)OO. The van der Waals surface area contributed by atoms with Crippen LogP contribution in [0.4, 0.5) is 0 Å². The van der Waals surface area contributed by atoms with Crippen LogP contribution in [0.5, 0.6) is 0 Å². The monoisotopic (exact) mass is 568 g/mol. The molecule has 0 spiro atoms. The van der Waals surface area contributed by atoms with Crippen LogP contribution in [0.25, 0.3) is 0 Å². The van der Waals surface area contributed by atoms with Crippen molar-refractivity contribution < 1.29 is 43.0 Å². The molecule has 9 nitrogen and oxygen atoms in total. The highest BCUT2D eigenvalue weighted by atomic mass is 31.2. The minimum absolute atomic E-state index is 0.0544. The van der Waals surface area contributed by atoms with Crippen molar-refractivity contribution >= 4 is 13.6 Å². The van der Waals surface area contributed by atoms with Crippen molar-refractivity contribution in [2.75, 3.05) is 40.9 Å². The Bertz CT molecular complexity index is 610. The summed E-state index contributed by atoms with van der Waals surface area (Å²) in [7, 11) is 1.13. The van der Waals surface area contributed by atoms with Gasteiger partial charge in [-0.15, -0.1) is 0 Å². The first-order valence-corrected chi connectivity index (χ1v) is 16.5. The molecule has 228 valence electrons. The zero-order valence-electron chi connectivity index (χ0n) is 24.8. The standard InChI is InChI=1S/C28H58NO8P/c1-5-6-7-8-9-10-11-12-13-14-15-16-17-18-19-20-21-22-26(31)28(27(25-30)36-32)37-38(33,34)35-24-23-29(2,3)4/h27-28,30H,5-25H2,1-4H3,(H-,32,33,34)/p+1/t27-,28?/m0/s1. The molecule has 0 aliphatic heterocycles. The van der Waals surface area contributed by atoms with E-state index in [9.17, 15) is 19.4 Å². The number of ketones is 1. The topological polar surface area (TPSA) is 123 Å². The zero-order valence-corrected chi connectivity index (χ0v) is 25.7. The molecular formula is C28H59NO8P+. The van der Waals surface area contributed by atoms with Gasteiger partial charge in [0.15, 0.2) is 11.9 Å². The number of phosphoric acid groups is 1. The summed E-state index contributed by atoms with van der Waals surface area (Å²) in [6.45, 7) is 1.91. The Balaban J connectivity index is 4.01. The first-order chi connectivity index (χ1) is 18.1. The summed E-state index contributed by atoms with van der Waals surface area (Å²) < 4.78 is 22.8. The third kappa shape index (κ3) is 22.4. The van der Waals surface area contributed by atoms with E-state index in [1.165, 1.54) is 83.5 Å². The second-order valence-electron chi connectivity index (χ2n) is 11.5. The van der Waals surface area contributed by atoms with E-state index in [1.807, 2.05) is 21.1 Å². The lowest BCUT2D eigenvalue weighted by Gasteiger charge is -2.26. The molecule has 0 saturated carbocycles. The number of unbranched alkanes of at least 4 members (excludes halogenated alkanes) is 16. The molecule has 0 heterocycles. The highest BCUT2D eigenvalue weighted by Crippen LogP contribution is 2.45. The highest BCUT2D eigenvalue weighted by molar-refractivity contribution is 7.47. The molecule has 10 heteroatoms. The van der Waals surface area contributed by atoms with Gasteiger partial charge in [-0.3, -0.25) is 19.1 Å². The number of aliphatic hydroxyl groups is 1. The first-order valence-electron chi connectivity index (χ1n) is 15.0. The Morgan fingerprint density at radius 1 is 0.789 bits per heavy atom. The van der Waals surface area contributed by atoms with E-state index >= 15 is 0 Å². The summed E-state index contributed by atoms with van der Waals surface area (Å²) in [5.41, 5.74) is 0. The average molecular weight is 569 g/mol. The van der Waals surface area contributed by atoms with Gasteiger partial charge in [-0.2, -0.15) is 0 Å². The molecule has 0 aromatic rings. The van der Waals surface area contributed by atoms with Crippen LogP contribution in [0.1, 0.15) is 122 Å². The molecule has 0 aromatic carbocycles. The molecule has 0 amide bonds. The summed E-state index contributed by atoms with van der Waals surface area (Å²) in [5.74, 6) is -0.511. The number of carbonyl (C=O) groups excluding carboxylic acids is 1. The lowest BCUT2D eigenvalue weighted by molar-refractivity contribution is -0.870. The first kappa shape index (κ1) is 37.6. The third-order valence-electron chi connectivity index (χ3n) is 6.76.